The Hall–Kier alpha value is -2.39. The third-order valence-electron chi connectivity index (χ3n) is 4.99. The van der Waals surface area contributed by atoms with Crippen LogP contribution >= 0.6 is 0 Å². The zero-order chi connectivity index (χ0) is 17.8. The van der Waals surface area contributed by atoms with Crippen LogP contribution in [-0.2, 0) is 10.0 Å². The van der Waals surface area contributed by atoms with E-state index in [9.17, 15) is 8.42 Å². The van der Waals surface area contributed by atoms with E-state index in [1.807, 2.05) is 6.20 Å². The third-order valence-corrected chi connectivity index (χ3v) is 5.92. The molecule has 2 heterocycles. The van der Waals surface area contributed by atoms with Crippen LogP contribution in [0.25, 0.3) is 0 Å². The molecule has 25 heavy (non-hydrogen) atoms. The minimum Gasteiger partial charge on any atom is -0.368 e. The zero-order valence-corrected chi connectivity index (χ0v) is 14.9. The lowest BCUT2D eigenvalue weighted by molar-refractivity contribution is 0.587. The summed E-state index contributed by atoms with van der Waals surface area (Å²) in [5.41, 5.74) is 1.90. The highest BCUT2D eigenvalue weighted by molar-refractivity contribution is 7.89. The van der Waals surface area contributed by atoms with E-state index in [0.717, 1.165) is 18.1 Å². The lowest BCUT2D eigenvalue weighted by Gasteiger charge is -2.40. The first-order chi connectivity index (χ1) is 11.8. The molecule has 2 aliphatic rings. The maximum atomic E-state index is 11.3. The molecule has 1 aromatic carbocycles. The van der Waals surface area contributed by atoms with Gasteiger partial charge in [-0.3, -0.25) is 0 Å². The lowest BCUT2D eigenvalue weighted by atomic mass is 10.1. The fraction of sp³-hybridized carbons (Fsp3) is 0.375. The number of fused-ring (bicyclic) bond motifs is 1. The van der Waals surface area contributed by atoms with E-state index >= 15 is 0 Å². The number of aromatic nitrogens is 2. The Bertz CT molecular complexity index is 924. The van der Waals surface area contributed by atoms with E-state index in [1.54, 1.807) is 12.1 Å². The van der Waals surface area contributed by atoms with Crippen LogP contribution in [0.2, 0.25) is 0 Å². The van der Waals surface area contributed by atoms with Crippen LogP contribution in [0.1, 0.15) is 12.8 Å². The van der Waals surface area contributed by atoms with Gasteiger partial charge in [0.1, 0.15) is 0 Å². The van der Waals surface area contributed by atoms with Gasteiger partial charge in [0.25, 0.3) is 0 Å². The van der Waals surface area contributed by atoms with Crippen LogP contribution in [0.3, 0.4) is 0 Å². The number of hydrogen-bond acceptors (Lipinski definition) is 7. The van der Waals surface area contributed by atoms with Gasteiger partial charge >= 0.3 is 0 Å². The van der Waals surface area contributed by atoms with Crippen molar-refractivity contribution in [2.24, 2.45) is 5.14 Å². The Balaban J connectivity index is 1.61. The average molecular weight is 360 g/mol. The van der Waals surface area contributed by atoms with Gasteiger partial charge in [0, 0.05) is 26.3 Å². The smallest absolute Gasteiger partial charge is 0.238 e. The number of nitrogens with two attached hydrogens (primary N) is 1. The van der Waals surface area contributed by atoms with Gasteiger partial charge in [-0.15, -0.1) is 0 Å². The van der Waals surface area contributed by atoms with Crippen LogP contribution in [0, 0.1) is 0 Å². The zero-order valence-electron chi connectivity index (χ0n) is 14.1. The van der Waals surface area contributed by atoms with Gasteiger partial charge in [-0.05, 0) is 37.1 Å². The minimum absolute atomic E-state index is 0.0708. The van der Waals surface area contributed by atoms with Crippen molar-refractivity contribution in [3.05, 3.63) is 30.5 Å². The molecule has 0 atom stereocenters. The number of benzene rings is 1. The molecular formula is C16H20N6O2S. The second kappa shape index (κ2) is 5.30. The molecule has 1 saturated carbocycles. The summed E-state index contributed by atoms with van der Waals surface area (Å²) in [5.74, 6) is 1.38. The number of nitrogens with one attached hydrogen (secondary N) is 1. The lowest BCUT2D eigenvalue weighted by Crippen LogP contribution is -2.48. The van der Waals surface area contributed by atoms with E-state index in [2.05, 4.69) is 39.2 Å². The van der Waals surface area contributed by atoms with Crippen molar-refractivity contribution < 1.29 is 8.42 Å². The fourth-order valence-electron chi connectivity index (χ4n) is 3.30. The number of primary sulfonamides is 1. The molecule has 0 unspecified atom stereocenters. The largest absolute Gasteiger partial charge is 0.368 e. The number of sulfonamides is 1. The first-order valence-electron chi connectivity index (χ1n) is 8.00. The highest BCUT2D eigenvalue weighted by atomic mass is 32.2. The van der Waals surface area contributed by atoms with Crippen molar-refractivity contribution in [1.82, 2.24) is 9.97 Å². The monoisotopic (exact) mass is 360 g/mol. The van der Waals surface area contributed by atoms with Gasteiger partial charge in [0.05, 0.1) is 22.3 Å². The molecule has 3 N–H and O–H groups in total. The summed E-state index contributed by atoms with van der Waals surface area (Å²) in [6, 6.07) is 6.19. The molecule has 1 spiro atoms. The molecule has 1 aliphatic carbocycles. The first-order valence-corrected chi connectivity index (χ1v) is 9.55. The molecule has 0 amide bonds. The molecule has 4 rings (SSSR count). The number of nitrogens with zero attached hydrogens (tertiary/aromatic N) is 4. The van der Waals surface area contributed by atoms with Crippen molar-refractivity contribution in [2.45, 2.75) is 23.3 Å². The van der Waals surface area contributed by atoms with Gasteiger partial charge in [-0.1, -0.05) is 0 Å². The molecular weight excluding hydrogens is 340 g/mol. The predicted molar refractivity (Wildman–Crippen MR) is 96.8 cm³/mol. The van der Waals surface area contributed by atoms with Gasteiger partial charge in [-0.25, -0.2) is 18.5 Å². The Morgan fingerprint density at radius 3 is 2.48 bits per heavy atom. The van der Waals surface area contributed by atoms with Crippen molar-refractivity contribution in [2.75, 3.05) is 35.8 Å². The minimum atomic E-state index is -3.70. The molecule has 0 bridgehead atoms. The van der Waals surface area contributed by atoms with E-state index in [-0.39, 0.29) is 10.4 Å². The fourth-order valence-corrected chi connectivity index (χ4v) is 3.81. The average Bonchev–Trinajstić information content (AvgIpc) is 3.33. The summed E-state index contributed by atoms with van der Waals surface area (Å²) in [6.07, 6.45) is 4.17. The predicted octanol–water partition coefficient (Wildman–Crippen LogP) is 1.29. The van der Waals surface area contributed by atoms with Crippen LogP contribution < -0.4 is 20.3 Å². The normalized spacial score (nSPS) is 18.2. The van der Waals surface area contributed by atoms with Gasteiger partial charge in [0.15, 0.2) is 5.82 Å². The molecule has 1 aromatic heterocycles. The highest BCUT2D eigenvalue weighted by Gasteiger charge is 2.51. The maximum absolute atomic E-state index is 11.3. The summed E-state index contributed by atoms with van der Waals surface area (Å²) in [6.45, 7) is 0.988. The van der Waals surface area contributed by atoms with Crippen molar-refractivity contribution in [3.63, 3.8) is 0 Å². The number of rotatable bonds is 3. The SMILES string of the molecule is CN1CC2(CC2)N(C)c2nc(Nc3ccc(S(N)(=O)=O)cc3)ncc21. The number of likely N-dealkylation sites (N-methyl/N-ethyl adjacent to an activating group) is 2. The van der Waals surface area contributed by atoms with Crippen molar-refractivity contribution in [3.8, 4) is 0 Å². The maximum Gasteiger partial charge on any atom is 0.238 e. The second-order valence-electron chi connectivity index (χ2n) is 6.74. The topological polar surface area (TPSA) is 104 Å². The van der Waals surface area contributed by atoms with Crippen molar-refractivity contribution in [1.29, 1.82) is 0 Å². The molecule has 1 aliphatic heterocycles. The summed E-state index contributed by atoms with van der Waals surface area (Å²) >= 11 is 0. The Morgan fingerprint density at radius 2 is 1.88 bits per heavy atom. The molecule has 1 fully saturated rings. The Labute approximate surface area is 146 Å². The number of anilines is 4. The van der Waals surface area contributed by atoms with Gasteiger partial charge in [-0.2, -0.15) is 4.98 Å². The molecule has 0 saturated heterocycles. The van der Waals surface area contributed by atoms with E-state index in [1.165, 1.54) is 25.0 Å². The Morgan fingerprint density at radius 1 is 1.20 bits per heavy atom. The van der Waals surface area contributed by atoms with Crippen LogP contribution in [0.5, 0.6) is 0 Å². The van der Waals surface area contributed by atoms with Gasteiger partial charge in [0.2, 0.25) is 16.0 Å². The standard InChI is InChI=1S/C16H20N6O2S/c1-21-10-16(7-8-16)22(2)14-13(21)9-18-15(20-14)19-11-3-5-12(6-4-11)25(17,23)24/h3-6,9H,7-8,10H2,1-2H3,(H2,17,23,24)(H,18,19,20). The summed E-state index contributed by atoms with van der Waals surface area (Å²) in [5, 5.41) is 8.23. The third kappa shape index (κ3) is 2.79. The van der Waals surface area contributed by atoms with Crippen molar-refractivity contribution >= 4 is 33.2 Å². The quantitative estimate of drug-likeness (QED) is 0.850. The molecule has 132 valence electrons. The Kier molecular flexibility index (Phi) is 3.41. The van der Waals surface area contributed by atoms with E-state index in [4.69, 9.17) is 5.14 Å². The summed E-state index contributed by atoms with van der Waals surface area (Å²) in [4.78, 5) is 13.6. The molecule has 8 nitrogen and oxygen atoms in total. The van der Waals surface area contributed by atoms with Gasteiger partial charge < -0.3 is 15.1 Å². The summed E-state index contributed by atoms with van der Waals surface area (Å²) in [7, 11) is 0.449. The van der Waals surface area contributed by atoms with E-state index < -0.39 is 10.0 Å². The molecule has 0 radical (unpaired) electrons. The molecule has 9 heteroatoms. The first kappa shape index (κ1) is 16.1. The van der Waals surface area contributed by atoms with E-state index in [0.29, 0.717) is 11.6 Å². The van der Waals surface area contributed by atoms with Crippen LogP contribution in [0.15, 0.2) is 35.4 Å². The van der Waals surface area contributed by atoms with Crippen LogP contribution in [0.4, 0.5) is 23.1 Å². The molecule has 2 aromatic rings. The number of hydrogen-bond donors (Lipinski definition) is 2. The second-order valence-corrected chi connectivity index (χ2v) is 8.30. The van der Waals surface area contributed by atoms with Crippen LogP contribution in [-0.4, -0.2) is 44.6 Å². The summed E-state index contributed by atoms with van der Waals surface area (Å²) < 4.78 is 22.6. The highest BCUT2D eigenvalue weighted by Crippen LogP contribution is 2.49.